The molecule has 1 aromatic carbocycles. The average Bonchev–Trinajstić information content (AvgIpc) is 2.16. The molecule has 0 radical (unpaired) electrons. The predicted molar refractivity (Wildman–Crippen MR) is 55.0 cm³/mol. The zero-order chi connectivity index (χ0) is 11.3. The molecule has 0 bridgehead atoms. The maximum Gasteiger partial charge on any atom is 0.304 e. The standard InChI is InChI=1S/C11H14FNO2/c1-8(6-11(14)15)13-7-9-2-4-10(12)5-3-9/h2-5,8,13H,6-7H2,1H3,(H,14,15)/t8-/m1/s1. The molecule has 0 heterocycles. The van der Waals surface area contributed by atoms with Crippen LogP contribution in [0, 0.1) is 5.82 Å². The number of rotatable bonds is 5. The number of hydrogen-bond acceptors (Lipinski definition) is 2. The van der Waals surface area contributed by atoms with E-state index in [1.165, 1.54) is 12.1 Å². The highest BCUT2D eigenvalue weighted by Gasteiger charge is 2.06. The summed E-state index contributed by atoms with van der Waals surface area (Å²) in [4.78, 5) is 10.4. The topological polar surface area (TPSA) is 49.3 Å². The highest BCUT2D eigenvalue weighted by atomic mass is 19.1. The highest BCUT2D eigenvalue weighted by molar-refractivity contribution is 5.67. The monoisotopic (exact) mass is 211 g/mol. The van der Waals surface area contributed by atoms with Crippen molar-refractivity contribution in [2.45, 2.75) is 25.9 Å². The first-order valence-electron chi connectivity index (χ1n) is 4.77. The van der Waals surface area contributed by atoms with E-state index in [0.717, 1.165) is 5.56 Å². The van der Waals surface area contributed by atoms with Crippen molar-refractivity contribution >= 4 is 5.97 Å². The van der Waals surface area contributed by atoms with Crippen LogP contribution in [-0.4, -0.2) is 17.1 Å². The number of carboxylic acids is 1. The van der Waals surface area contributed by atoms with Crippen LogP contribution in [0.4, 0.5) is 4.39 Å². The van der Waals surface area contributed by atoms with Crippen LogP contribution in [0.5, 0.6) is 0 Å². The van der Waals surface area contributed by atoms with Gasteiger partial charge in [-0.2, -0.15) is 0 Å². The molecule has 0 saturated carbocycles. The Kier molecular flexibility index (Phi) is 4.24. The fraction of sp³-hybridized carbons (Fsp3) is 0.364. The van der Waals surface area contributed by atoms with Gasteiger partial charge in [-0.1, -0.05) is 12.1 Å². The minimum Gasteiger partial charge on any atom is -0.481 e. The molecular formula is C11H14FNO2. The molecule has 0 saturated heterocycles. The molecule has 1 aromatic rings. The molecule has 3 nitrogen and oxygen atoms in total. The molecule has 0 unspecified atom stereocenters. The Morgan fingerprint density at radius 2 is 2.07 bits per heavy atom. The summed E-state index contributed by atoms with van der Waals surface area (Å²) in [5.41, 5.74) is 0.939. The SMILES string of the molecule is C[C@H](CC(=O)O)NCc1ccc(F)cc1. The molecule has 0 spiro atoms. The Morgan fingerprint density at radius 3 is 2.60 bits per heavy atom. The van der Waals surface area contributed by atoms with E-state index >= 15 is 0 Å². The summed E-state index contributed by atoms with van der Waals surface area (Å²) in [6, 6.07) is 6.04. The Bertz CT molecular complexity index is 324. The number of carbonyl (C=O) groups is 1. The molecule has 0 amide bonds. The number of nitrogens with one attached hydrogen (secondary N) is 1. The van der Waals surface area contributed by atoms with E-state index in [9.17, 15) is 9.18 Å². The van der Waals surface area contributed by atoms with Crippen molar-refractivity contribution in [3.63, 3.8) is 0 Å². The van der Waals surface area contributed by atoms with Gasteiger partial charge in [-0.15, -0.1) is 0 Å². The van der Waals surface area contributed by atoms with Gasteiger partial charge in [0, 0.05) is 12.6 Å². The average molecular weight is 211 g/mol. The predicted octanol–water partition coefficient (Wildman–Crippen LogP) is 1.78. The molecule has 0 aliphatic rings. The van der Waals surface area contributed by atoms with E-state index < -0.39 is 5.97 Å². The van der Waals surface area contributed by atoms with E-state index in [4.69, 9.17) is 5.11 Å². The summed E-state index contributed by atoms with van der Waals surface area (Å²) in [5, 5.41) is 11.6. The van der Waals surface area contributed by atoms with Gasteiger partial charge >= 0.3 is 5.97 Å². The number of carboxylic acid groups (broad SMARTS) is 1. The highest BCUT2D eigenvalue weighted by Crippen LogP contribution is 2.03. The maximum absolute atomic E-state index is 12.6. The van der Waals surface area contributed by atoms with Crippen molar-refractivity contribution < 1.29 is 14.3 Å². The van der Waals surface area contributed by atoms with Crippen molar-refractivity contribution in [2.24, 2.45) is 0 Å². The minimum atomic E-state index is -0.825. The zero-order valence-corrected chi connectivity index (χ0v) is 8.53. The fourth-order valence-electron chi connectivity index (χ4n) is 1.23. The summed E-state index contributed by atoms with van der Waals surface area (Å²) < 4.78 is 12.6. The molecule has 0 aromatic heterocycles. The smallest absolute Gasteiger partial charge is 0.304 e. The second-order valence-electron chi connectivity index (χ2n) is 3.51. The lowest BCUT2D eigenvalue weighted by Crippen LogP contribution is -2.27. The van der Waals surface area contributed by atoms with Crippen LogP contribution in [0.3, 0.4) is 0 Å². The lowest BCUT2D eigenvalue weighted by molar-refractivity contribution is -0.137. The van der Waals surface area contributed by atoms with Crippen LogP contribution < -0.4 is 5.32 Å². The molecule has 82 valence electrons. The third-order valence-electron chi connectivity index (χ3n) is 2.05. The summed E-state index contributed by atoms with van der Waals surface area (Å²) in [5.74, 6) is -1.09. The van der Waals surface area contributed by atoms with Gasteiger partial charge in [0.15, 0.2) is 0 Å². The Hall–Kier alpha value is -1.42. The van der Waals surface area contributed by atoms with Gasteiger partial charge in [0.05, 0.1) is 6.42 Å². The third-order valence-corrected chi connectivity index (χ3v) is 2.05. The first-order chi connectivity index (χ1) is 7.08. The van der Waals surface area contributed by atoms with Gasteiger partial charge in [-0.05, 0) is 24.6 Å². The number of benzene rings is 1. The largest absolute Gasteiger partial charge is 0.481 e. The Balaban J connectivity index is 2.36. The van der Waals surface area contributed by atoms with Crippen molar-refractivity contribution in [1.82, 2.24) is 5.32 Å². The van der Waals surface area contributed by atoms with Gasteiger partial charge in [0.1, 0.15) is 5.82 Å². The first kappa shape index (κ1) is 11.7. The Morgan fingerprint density at radius 1 is 1.47 bits per heavy atom. The van der Waals surface area contributed by atoms with Crippen LogP contribution >= 0.6 is 0 Å². The van der Waals surface area contributed by atoms with Gasteiger partial charge in [0.2, 0.25) is 0 Å². The van der Waals surface area contributed by atoms with Crippen LogP contribution in [-0.2, 0) is 11.3 Å². The molecule has 0 aliphatic carbocycles. The summed E-state index contributed by atoms with van der Waals surface area (Å²) >= 11 is 0. The van der Waals surface area contributed by atoms with Gasteiger partial charge in [-0.3, -0.25) is 4.79 Å². The van der Waals surface area contributed by atoms with Crippen molar-refractivity contribution in [2.75, 3.05) is 0 Å². The molecule has 15 heavy (non-hydrogen) atoms. The van der Waals surface area contributed by atoms with E-state index in [1.54, 1.807) is 19.1 Å². The summed E-state index contributed by atoms with van der Waals surface area (Å²) in [7, 11) is 0. The minimum absolute atomic E-state index is 0.0845. The van der Waals surface area contributed by atoms with E-state index in [-0.39, 0.29) is 18.3 Å². The van der Waals surface area contributed by atoms with E-state index in [2.05, 4.69) is 5.32 Å². The first-order valence-corrected chi connectivity index (χ1v) is 4.77. The molecule has 0 aliphatic heterocycles. The molecule has 1 atom stereocenters. The number of halogens is 1. The molecule has 2 N–H and O–H groups in total. The van der Waals surface area contributed by atoms with Crippen molar-refractivity contribution in [3.8, 4) is 0 Å². The molecule has 4 heteroatoms. The van der Waals surface area contributed by atoms with E-state index in [0.29, 0.717) is 6.54 Å². The van der Waals surface area contributed by atoms with Crippen molar-refractivity contribution in [3.05, 3.63) is 35.6 Å². The summed E-state index contributed by atoms with van der Waals surface area (Å²) in [6.45, 7) is 2.35. The summed E-state index contributed by atoms with van der Waals surface area (Å²) in [6.07, 6.45) is 0.0845. The number of aliphatic carboxylic acids is 1. The van der Waals surface area contributed by atoms with E-state index in [1.807, 2.05) is 0 Å². The number of hydrogen-bond donors (Lipinski definition) is 2. The second-order valence-corrected chi connectivity index (χ2v) is 3.51. The van der Waals surface area contributed by atoms with Crippen LogP contribution in [0.2, 0.25) is 0 Å². The lowest BCUT2D eigenvalue weighted by atomic mass is 10.2. The van der Waals surface area contributed by atoms with Gasteiger partial charge < -0.3 is 10.4 Å². The van der Waals surface area contributed by atoms with Gasteiger partial charge in [0.25, 0.3) is 0 Å². The lowest BCUT2D eigenvalue weighted by Gasteiger charge is -2.11. The Labute approximate surface area is 87.9 Å². The van der Waals surface area contributed by atoms with Crippen LogP contribution in [0.1, 0.15) is 18.9 Å². The van der Waals surface area contributed by atoms with Crippen LogP contribution in [0.25, 0.3) is 0 Å². The van der Waals surface area contributed by atoms with Gasteiger partial charge in [-0.25, -0.2) is 4.39 Å². The second kappa shape index (κ2) is 5.46. The fourth-order valence-corrected chi connectivity index (χ4v) is 1.23. The maximum atomic E-state index is 12.6. The molecule has 0 fully saturated rings. The molecule has 1 rings (SSSR count). The van der Waals surface area contributed by atoms with Crippen molar-refractivity contribution in [1.29, 1.82) is 0 Å². The molecular weight excluding hydrogens is 197 g/mol. The quantitative estimate of drug-likeness (QED) is 0.780. The third kappa shape index (κ3) is 4.56. The zero-order valence-electron chi connectivity index (χ0n) is 8.53. The normalized spacial score (nSPS) is 12.4. The van der Waals surface area contributed by atoms with Crippen LogP contribution in [0.15, 0.2) is 24.3 Å².